The van der Waals surface area contributed by atoms with Crippen LogP contribution in [0.5, 0.6) is 0 Å². The fourth-order valence-corrected chi connectivity index (χ4v) is 5.40. The summed E-state index contributed by atoms with van der Waals surface area (Å²) in [5.41, 5.74) is 2.00. The first kappa shape index (κ1) is 22.0. The zero-order valence-electron chi connectivity index (χ0n) is 17.0. The van der Waals surface area contributed by atoms with Gasteiger partial charge in [-0.25, -0.2) is 13.2 Å². The van der Waals surface area contributed by atoms with Crippen LogP contribution in [0.4, 0.5) is 5.69 Å². The molecular weight excluding hydrogens is 450 g/mol. The second-order valence-corrected chi connectivity index (χ2v) is 9.65. The minimum absolute atomic E-state index is 0.00943. The van der Waals surface area contributed by atoms with E-state index in [1.165, 1.54) is 34.6 Å². The van der Waals surface area contributed by atoms with Crippen LogP contribution in [0.1, 0.15) is 32.7 Å². The number of anilines is 1. The maximum absolute atomic E-state index is 13.3. The lowest BCUT2D eigenvalue weighted by Gasteiger charge is -2.30. The average Bonchev–Trinajstić information content (AvgIpc) is 2.82. The van der Waals surface area contributed by atoms with Crippen LogP contribution in [0.3, 0.4) is 0 Å². The Morgan fingerprint density at radius 3 is 2.50 bits per heavy atom. The van der Waals surface area contributed by atoms with Gasteiger partial charge in [-0.15, -0.1) is 0 Å². The molecule has 0 spiro atoms. The largest absolute Gasteiger partial charge is 0.454 e. The summed E-state index contributed by atoms with van der Waals surface area (Å²) in [6.45, 7) is -0.113. The van der Waals surface area contributed by atoms with Crippen molar-refractivity contribution in [2.75, 3.05) is 17.5 Å². The van der Waals surface area contributed by atoms with Gasteiger partial charge in [-0.05, 0) is 54.8 Å². The van der Waals surface area contributed by atoms with Crippen molar-refractivity contribution in [3.8, 4) is 0 Å². The molecule has 0 radical (unpaired) electrons. The molecule has 32 heavy (non-hydrogen) atoms. The summed E-state index contributed by atoms with van der Waals surface area (Å²) in [4.78, 5) is 24.7. The highest BCUT2D eigenvalue weighted by Gasteiger charge is 2.29. The molecular formula is C24H20ClNO5S. The van der Waals surface area contributed by atoms with Crippen molar-refractivity contribution in [2.24, 2.45) is 0 Å². The second kappa shape index (κ2) is 9.14. The molecule has 0 N–H and O–H groups in total. The highest BCUT2D eigenvalue weighted by molar-refractivity contribution is 7.92. The molecule has 0 unspecified atom stereocenters. The number of halogens is 1. The van der Waals surface area contributed by atoms with Crippen LogP contribution < -0.4 is 4.31 Å². The maximum atomic E-state index is 13.3. The molecule has 1 heterocycles. The Balaban J connectivity index is 1.52. The Hall–Kier alpha value is -3.16. The van der Waals surface area contributed by atoms with E-state index in [-0.39, 0.29) is 10.5 Å². The predicted molar refractivity (Wildman–Crippen MR) is 122 cm³/mol. The van der Waals surface area contributed by atoms with Gasteiger partial charge in [0.1, 0.15) is 0 Å². The lowest BCUT2D eigenvalue weighted by atomic mass is 10.0. The molecule has 3 aromatic carbocycles. The number of hydrogen-bond donors (Lipinski definition) is 0. The van der Waals surface area contributed by atoms with Crippen molar-refractivity contribution in [2.45, 2.75) is 17.7 Å². The molecule has 164 valence electrons. The van der Waals surface area contributed by atoms with Crippen molar-refractivity contribution in [1.82, 2.24) is 0 Å². The summed E-state index contributed by atoms with van der Waals surface area (Å²) in [6.07, 6.45) is 1.53. The van der Waals surface area contributed by atoms with E-state index >= 15 is 0 Å². The molecule has 0 bridgehead atoms. The van der Waals surface area contributed by atoms with E-state index in [2.05, 4.69) is 0 Å². The van der Waals surface area contributed by atoms with Crippen LogP contribution >= 0.6 is 11.6 Å². The van der Waals surface area contributed by atoms with Gasteiger partial charge in [0, 0.05) is 17.1 Å². The number of fused-ring (bicyclic) bond motifs is 1. The van der Waals surface area contributed by atoms with Crippen molar-refractivity contribution in [1.29, 1.82) is 0 Å². The third-order valence-corrected chi connectivity index (χ3v) is 7.25. The molecule has 0 amide bonds. The van der Waals surface area contributed by atoms with E-state index in [9.17, 15) is 18.0 Å². The van der Waals surface area contributed by atoms with E-state index in [0.717, 1.165) is 12.0 Å². The van der Waals surface area contributed by atoms with Crippen LogP contribution in [0.2, 0.25) is 5.02 Å². The van der Waals surface area contributed by atoms with Gasteiger partial charge in [-0.2, -0.15) is 0 Å². The topological polar surface area (TPSA) is 80.8 Å². The number of rotatable bonds is 6. The number of nitrogens with zero attached hydrogens (tertiary/aromatic N) is 1. The third-order valence-electron chi connectivity index (χ3n) is 5.21. The lowest BCUT2D eigenvalue weighted by Crippen LogP contribution is -2.35. The number of sulfonamides is 1. The maximum Gasteiger partial charge on any atom is 0.338 e. The van der Waals surface area contributed by atoms with Gasteiger partial charge in [0.25, 0.3) is 10.0 Å². The fourth-order valence-electron chi connectivity index (χ4n) is 3.62. The fraction of sp³-hybridized carbons (Fsp3) is 0.167. The van der Waals surface area contributed by atoms with Crippen molar-refractivity contribution in [3.63, 3.8) is 0 Å². The molecule has 6 nitrogen and oxygen atoms in total. The number of carbonyl (C=O) groups is 2. The highest BCUT2D eigenvalue weighted by Crippen LogP contribution is 2.32. The van der Waals surface area contributed by atoms with Crippen LogP contribution in [-0.2, 0) is 21.2 Å². The normalized spacial score (nSPS) is 13.3. The van der Waals surface area contributed by atoms with E-state index in [1.54, 1.807) is 30.3 Å². The Bertz CT molecular complexity index is 1290. The molecule has 8 heteroatoms. The third kappa shape index (κ3) is 4.54. The minimum atomic E-state index is -3.87. The quantitative estimate of drug-likeness (QED) is 0.391. The Labute approximate surface area is 191 Å². The van der Waals surface area contributed by atoms with Crippen LogP contribution in [0, 0.1) is 0 Å². The molecule has 0 saturated heterocycles. The summed E-state index contributed by atoms with van der Waals surface area (Å²) >= 11 is 5.88. The Kier molecular flexibility index (Phi) is 6.30. The molecule has 0 atom stereocenters. The van der Waals surface area contributed by atoms with Crippen LogP contribution in [0.15, 0.2) is 77.7 Å². The Morgan fingerprint density at radius 2 is 1.69 bits per heavy atom. The van der Waals surface area contributed by atoms with Gasteiger partial charge in [0.05, 0.1) is 16.1 Å². The van der Waals surface area contributed by atoms with Crippen molar-refractivity contribution >= 4 is 39.1 Å². The number of ketones is 1. The van der Waals surface area contributed by atoms with E-state index in [1.807, 2.05) is 12.1 Å². The number of carbonyl (C=O) groups excluding carboxylic acids is 2. The molecule has 0 aromatic heterocycles. The SMILES string of the molecule is O=C(COC(=O)c1cccc(S(=O)(=O)N2CCCc3ccccc32)c1)c1cccc(Cl)c1. The van der Waals surface area contributed by atoms with Gasteiger partial charge < -0.3 is 4.74 Å². The predicted octanol–water partition coefficient (Wildman–Crippen LogP) is 4.52. The molecule has 0 aliphatic carbocycles. The Morgan fingerprint density at radius 1 is 0.938 bits per heavy atom. The number of hydrogen-bond acceptors (Lipinski definition) is 5. The zero-order valence-corrected chi connectivity index (χ0v) is 18.6. The summed E-state index contributed by atoms with van der Waals surface area (Å²) in [7, 11) is -3.87. The van der Waals surface area contributed by atoms with Gasteiger partial charge >= 0.3 is 5.97 Å². The first-order valence-electron chi connectivity index (χ1n) is 10.0. The molecule has 0 fully saturated rings. The molecule has 1 aliphatic heterocycles. The minimum Gasteiger partial charge on any atom is -0.454 e. The van der Waals surface area contributed by atoms with Gasteiger partial charge in [-0.3, -0.25) is 9.10 Å². The lowest BCUT2D eigenvalue weighted by molar-refractivity contribution is 0.0474. The standard InChI is InChI=1S/C24H20ClNO5S/c25-20-10-3-7-18(14-20)23(27)16-31-24(28)19-8-4-11-21(15-19)32(29,30)26-13-5-9-17-6-1-2-12-22(17)26/h1-4,6-8,10-12,14-15H,5,9,13,16H2. The number of para-hydroxylation sites is 1. The number of ether oxygens (including phenoxy) is 1. The number of esters is 1. The highest BCUT2D eigenvalue weighted by atomic mass is 35.5. The number of aryl methyl sites for hydroxylation is 1. The van der Waals surface area contributed by atoms with Crippen molar-refractivity contribution in [3.05, 3.63) is 94.5 Å². The average molecular weight is 470 g/mol. The zero-order chi connectivity index (χ0) is 22.7. The smallest absolute Gasteiger partial charge is 0.338 e. The van der Waals surface area contributed by atoms with Crippen LogP contribution in [-0.4, -0.2) is 33.3 Å². The van der Waals surface area contributed by atoms with E-state index in [4.69, 9.17) is 16.3 Å². The molecule has 1 aliphatic rings. The molecule has 0 saturated carbocycles. The van der Waals surface area contributed by atoms with Gasteiger partial charge in [0.2, 0.25) is 0 Å². The summed E-state index contributed by atoms with van der Waals surface area (Å²) in [5.74, 6) is -1.19. The number of benzene rings is 3. The van der Waals surface area contributed by atoms with Gasteiger partial charge in [-0.1, -0.05) is 48.0 Å². The molecule has 4 rings (SSSR count). The summed E-state index contributed by atoms with van der Waals surface area (Å²) in [5, 5.41) is 0.402. The van der Waals surface area contributed by atoms with Crippen molar-refractivity contribution < 1.29 is 22.7 Å². The first-order chi connectivity index (χ1) is 15.4. The first-order valence-corrected chi connectivity index (χ1v) is 11.8. The summed E-state index contributed by atoms with van der Waals surface area (Å²) in [6, 6.07) is 19.4. The molecule has 3 aromatic rings. The van der Waals surface area contributed by atoms with Crippen LogP contribution in [0.25, 0.3) is 0 Å². The van der Waals surface area contributed by atoms with Gasteiger partial charge in [0.15, 0.2) is 12.4 Å². The monoisotopic (exact) mass is 469 g/mol. The second-order valence-electron chi connectivity index (χ2n) is 7.35. The van der Waals surface area contributed by atoms with E-state index in [0.29, 0.717) is 29.2 Å². The van der Waals surface area contributed by atoms with E-state index < -0.39 is 28.4 Å². The number of Topliss-reactive ketones (excluding diaryl/α,β-unsaturated/α-hetero) is 1. The summed E-state index contributed by atoms with van der Waals surface area (Å²) < 4.78 is 33.1.